The quantitative estimate of drug-likeness (QED) is 0.588. The Morgan fingerprint density at radius 2 is 2.33 bits per heavy atom. The zero-order valence-electron chi connectivity index (χ0n) is 8.17. The van der Waals surface area contributed by atoms with Crippen LogP contribution in [0.15, 0.2) is 0 Å². The molecule has 1 fully saturated rings. The van der Waals surface area contributed by atoms with E-state index < -0.39 is 22.5 Å². The fourth-order valence-electron chi connectivity index (χ4n) is 1.11. The minimum absolute atomic E-state index is 0.0993. The van der Waals surface area contributed by atoms with Gasteiger partial charge in [-0.25, -0.2) is 9.52 Å². The van der Waals surface area contributed by atoms with E-state index in [1.807, 2.05) is 0 Å². The van der Waals surface area contributed by atoms with Crippen LogP contribution >= 0.6 is 0 Å². The summed E-state index contributed by atoms with van der Waals surface area (Å²) in [5, 5.41) is 0. The van der Waals surface area contributed by atoms with Crippen LogP contribution in [0, 0.1) is 0 Å². The van der Waals surface area contributed by atoms with Gasteiger partial charge in [-0.05, 0) is 0 Å². The topological polar surface area (TPSA) is 111 Å². The van der Waals surface area contributed by atoms with Crippen LogP contribution in [-0.2, 0) is 19.7 Å². The summed E-state index contributed by atoms with van der Waals surface area (Å²) in [6.07, 6.45) is -1.84. The van der Waals surface area contributed by atoms with Crippen molar-refractivity contribution in [1.82, 2.24) is 9.03 Å². The largest absolute Gasteiger partial charge is 0.452 e. The summed E-state index contributed by atoms with van der Waals surface area (Å²) < 4.78 is 34.9. The second-order valence-corrected chi connectivity index (χ2v) is 4.47. The molecule has 0 aromatic carbocycles. The molecule has 1 aliphatic heterocycles. The molecule has 0 aromatic heterocycles. The van der Waals surface area contributed by atoms with Crippen LogP contribution in [0.25, 0.3) is 0 Å². The highest BCUT2D eigenvalue weighted by atomic mass is 32.2. The van der Waals surface area contributed by atoms with Crippen molar-refractivity contribution >= 4 is 16.3 Å². The van der Waals surface area contributed by atoms with E-state index in [1.165, 1.54) is 0 Å². The number of nitrogens with one attached hydrogen (secondary N) is 1. The predicted octanol–water partition coefficient (Wildman–Crippen LogP) is -1.80. The first-order chi connectivity index (χ1) is 6.97. The monoisotopic (exact) mass is 239 g/mol. The van der Waals surface area contributed by atoms with Crippen molar-refractivity contribution in [2.45, 2.75) is 6.17 Å². The minimum Gasteiger partial charge on any atom is -0.452 e. The van der Waals surface area contributed by atoms with Gasteiger partial charge in [0.05, 0.1) is 26.5 Å². The molecule has 1 saturated heterocycles. The summed E-state index contributed by atoms with van der Waals surface area (Å²) in [5.74, 6) is 0. The molecular weight excluding hydrogens is 226 g/mol. The number of rotatable bonds is 2. The van der Waals surface area contributed by atoms with Crippen LogP contribution in [0.5, 0.6) is 0 Å². The maximum atomic E-state index is 11.5. The molecule has 88 valence electrons. The first kappa shape index (κ1) is 12.2. The Kier molecular flexibility index (Phi) is 3.85. The van der Waals surface area contributed by atoms with E-state index in [0.717, 1.165) is 11.4 Å². The Morgan fingerprint density at radius 1 is 1.67 bits per heavy atom. The van der Waals surface area contributed by atoms with Gasteiger partial charge in [0.1, 0.15) is 0 Å². The van der Waals surface area contributed by atoms with Crippen LogP contribution in [-0.4, -0.2) is 51.9 Å². The number of amides is 1. The first-order valence-corrected chi connectivity index (χ1v) is 5.62. The number of hydrogen-bond acceptors (Lipinski definition) is 6. The molecule has 0 spiro atoms. The van der Waals surface area contributed by atoms with E-state index in [9.17, 15) is 13.2 Å². The van der Waals surface area contributed by atoms with Gasteiger partial charge in [-0.15, -0.1) is 0 Å². The number of methoxy groups -OCH3 is 1. The Bertz CT molecular complexity index is 330. The summed E-state index contributed by atoms with van der Waals surface area (Å²) in [4.78, 5) is 10.8. The SMILES string of the molecule is COC(=O)NS(=O)(=O)N1CCOCC1N. The molecule has 1 amide bonds. The molecule has 3 N–H and O–H groups in total. The number of morpholine rings is 1. The van der Waals surface area contributed by atoms with Gasteiger partial charge in [-0.2, -0.15) is 12.7 Å². The Morgan fingerprint density at radius 3 is 2.87 bits per heavy atom. The van der Waals surface area contributed by atoms with Gasteiger partial charge >= 0.3 is 16.3 Å². The number of nitrogens with zero attached hydrogens (tertiary/aromatic N) is 1. The van der Waals surface area contributed by atoms with Gasteiger partial charge in [0.15, 0.2) is 0 Å². The molecule has 0 bridgehead atoms. The lowest BCUT2D eigenvalue weighted by molar-refractivity contribution is 0.0344. The zero-order chi connectivity index (χ0) is 11.5. The van der Waals surface area contributed by atoms with Gasteiger partial charge in [-0.1, -0.05) is 0 Å². The van der Waals surface area contributed by atoms with Crippen molar-refractivity contribution in [2.75, 3.05) is 26.9 Å². The number of carbonyl (C=O) groups is 1. The molecule has 15 heavy (non-hydrogen) atoms. The smallest absolute Gasteiger partial charge is 0.421 e. The van der Waals surface area contributed by atoms with E-state index in [4.69, 9.17) is 10.5 Å². The van der Waals surface area contributed by atoms with E-state index in [2.05, 4.69) is 4.74 Å². The molecule has 0 aliphatic carbocycles. The van der Waals surface area contributed by atoms with Crippen LogP contribution < -0.4 is 10.5 Å². The molecule has 1 heterocycles. The highest BCUT2D eigenvalue weighted by Gasteiger charge is 2.31. The summed E-state index contributed by atoms with van der Waals surface area (Å²) in [6.45, 7) is 0.450. The Labute approximate surface area is 87.5 Å². The molecule has 1 atom stereocenters. The summed E-state index contributed by atoms with van der Waals surface area (Å²) in [5.41, 5.74) is 5.51. The molecule has 0 radical (unpaired) electrons. The van der Waals surface area contributed by atoms with Gasteiger partial charge in [-0.3, -0.25) is 0 Å². The molecule has 0 aromatic rings. The van der Waals surface area contributed by atoms with Crippen molar-refractivity contribution in [3.8, 4) is 0 Å². The first-order valence-electron chi connectivity index (χ1n) is 4.18. The summed E-state index contributed by atoms with van der Waals surface area (Å²) in [6, 6.07) is 0. The van der Waals surface area contributed by atoms with Crippen molar-refractivity contribution in [1.29, 1.82) is 0 Å². The molecular formula is C6H13N3O5S. The maximum Gasteiger partial charge on any atom is 0.421 e. The highest BCUT2D eigenvalue weighted by Crippen LogP contribution is 2.06. The number of hydrogen-bond donors (Lipinski definition) is 2. The molecule has 9 heteroatoms. The lowest BCUT2D eigenvalue weighted by atomic mass is 10.4. The highest BCUT2D eigenvalue weighted by molar-refractivity contribution is 7.87. The molecule has 8 nitrogen and oxygen atoms in total. The van der Waals surface area contributed by atoms with Crippen LogP contribution in [0.1, 0.15) is 0 Å². The molecule has 1 unspecified atom stereocenters. The van der Waals surface area contributed by atoms with Gasteiger partial charge < -0.3 is 15.2 Å². The predicted molar refractivity (Wildman–Crippen MR) is 50.0 cm³/mol. The fourth-order valence-corrected chi connectivity index (χ4v) is 2.26. The molecule has 1 rings (SSSR count). The van der Waals surface area contributed by atoms with Crippen LogP contribution in [0.2, 0.25) is 0 Å². The third-order valence-corrected chi connectivity index (χ3v) is 3.32. The lowest BCUT2D eigenvalue weighted by Crippen LogP contribution is -2.57. The lowest BCUT2D eigenvalue weighted by Gasteiger charge is -2.31. The van der Waals surface area contributed by atoms with Crippen LogP contribution in [0.3, 0.4) is 0 Å². The Balaban J connectivity index is 2.71. The van der Waals surface area contributed by atoms with Crippen molar-refractivity contribution < 1.29 is 22.7 Å². The Hall–Kier alpha value is -0.900. The summed E-state index contributed by atoms with van der Waals surface area (Å²) in [7, 11) is -2.87. The molecule has 1 aliphatic rings. The maximum absolute atomic E-state index is 11.5. The van der Waals surface area contributed by atoms with E-state index >= 15 is 0 Å². The fraction of sp³-hybridized carbons (Fsp3) is 0.833. The van der Waals surface area contributed by atoms with Gasteiger partial charge in [0.2, 0.25) is 0 Å². The number of carbonyl (C=O) groups excluding carboxylic acids is 1. The number of ether oxygens (including phenoxy) is 2. The minimum atomic E-state index is -3.94. The third kappa shape index (κ3) is 3.02. The number of nitrogens with two attached hydrogens (primary N) is 1. The molecule has 0 saturated carbocycles. The standard InChI is InChI=1S/C6H13N3O5S/c1-13-6(10)8-15(11,12)9-2-3-14-4-5(9)7/h5H,2-4,7H2,1H3,(H,8,10). The van der Waals surface area contributed by atoms with Crippen molar-refractivity contribution in [3.05, 3.63) is 0 Å². The van der Waals surface area contributed by atoms with Crippen LogP contribution in [0.4, 0.5) is 4.79 Å². The van der Waals surface area contributed by atoms with Gasteiger partial charge in [0.25, 0.3) is 0 Å². The zero-order valence-corrected chi connectivity index (χ0v) is 8.99. The van der Waals surface area contributed by atoms with Gasteiger partial charge in [0, 0.05) is 6.54 Å². The third-order valence-electron chi connectivity index (χ3n) is 1.82. The van der Waals surface area contributed by atoms with E-state index in [-0.39, 0.29) is 19.8 Å². The normalized spacial score (nSPS) is 23.5. The van der Waals surface area contributed by atoms with E-state index in [1.54, 1.807) is 4.72 Å². The second-order valence-electron chi connectivity index (χ2n) is 2.85. The summed E-state index contributed by atoms with van der Waals surface area (Å²) >= 11 is 0. The van der Waals surface area contributed by atoms with Crippen molar-refractivity contribution in [3.63, 3.8) is 0 Å². The average Bonchev–Trinajstić information content (AvgIpc) is 2.17. The second kappa shape index (κ2) is 4.75. The van der Waals surface area contributed by atoms with Crippen molar-refractivity contribution in [2.24, 2.45) is 5.73 Å². The average molecular weight is 239 g/mol. The van der Waals surface area contributed by atoms with E-state index in [0.29, 0.717) is 0 Å².